The number of aromatic nitrogens is 2. The Bertz CT molecular complexity index is 932. The summed E-state index contributed by atoms with van der Waals surface area (Å²) in [6, 6.07) is 14.7. The van der Waals surface area contributed by atoms with Crippen LogP contribution in [0, 0.1) is 0 Å². The first kappa shape index (κ1) is 15.4. The van der Waals surface area contributed by atoms with E-state index in [9.17, 15) is 8.42 Å². The molecule has 0 saturated heterocycles. The van der Waals surface area contributed by atoms with Crippen molar-refractivity contribution in [1.82, 2.24) is 9.97 Å². The smallest absolute Gasteiger partial charge is 0.175 e. The minimum atomic E-state index is -3.17. The Labute approximate surface area is 135 Å². The zero-order chi connectivity index (χ0) is 16.4. The molecule has 0 bridgehead atoms. The molecule has 1 atom stereocenters. The molecule has 0 saturated carbocycles. The lowest BCUT2D eigenvalue weighted by Gasteiger charge is -2.16. The molecule has 0 aliphatic heterocycles. The molecule has 3 rings (SSSR count). The average Bonchev–Trinajstić information content (AvgIpc) is 2.54. The fourth-order valence-electron chi connectivity index (χ4n) is 2.41. The summed E-state index contributed by atoms with van der Waals surface area (Å²) in [6.45, 7) is 2.01. The highest BCUT2D eigenvalue weighted by Gasteiger charge is 2.11. The molecule has 0 spiro atoms. The van der Waals surface area contributed by atoms with Gasteiger partial charge in [0.15, 0.2) is 9.84 Å². The molecule has 3 aromatic rings. The topological polar surface area (TPSA) is 72.0 Å². The zero-order valence-electron chi connectivity index (χ0n) is 12.9. The van der Waals surface area contributed by atoms with Crippen LogP contribution >= 0.6 is 0 Å². The van der Waals surface area contributed by atoms with Crippen molar-refractivity contribution in [1.29, 1.82) is 0 Å². The summed E-state index contributed by atoms with van der Waals surface area (Å²) in [7, 11) is -3.17. The van der Waals surface area contributed by atoms with Crippen LogP contribution in [-0.2, 0) is 9.84 Å². The highest BCUT2D eigenvalue weighted by atomic mass is 32.2. The summed E-state index contributed by atoms with van der Waals surface area (Å²) in [5.74, 6) is 0.760. The lowest BCUT2D eigenvalue weighted by Crippen LogP contribution is -2.09. The Kier molecular flexibility index (Phi) is 4.00. The number of nitrogens with zero attached hydrogens (tertiary/aromatic N) is 2. The van der Waals surface area contributed by atoms with Crippen LogP contribution < -0.4 is 5.32 Å². The van der Waals surface area contributed by atoms with Crippen molar-refractivity contribution in [3.05, 3.63) is 60.4 Å². The maximum absolute atomic E-state index is 11.5. The largest absolute Gasteiger partial charge is 0.363 e. The predicted molar refractivity (Wildman–Crippen MR) is 91.1 cm³/mol. The average molecular weight is 327 g/mol. The van der Waals surface area contributed by atoms with Crippen molar-refractivity contribution in [2.24, 2.45) is 0 Å². The van der Waals surface area contributed by atoms with Crippen molar-refractivity contribution in [2.45, 2.75) is 17.9 Å². The second kappa shape index (κ2) is 5.96. The van der Waals surface area contributed by atoms with Crippen molar-refractivity contribution in [3.63, 3.8) is 0 Å². The molecule has 118 valence electrons. The summed E-state index contributed by atoms with van der Waals surface area (Å²) in [5.41, 5.74) is 1.87. The molecule has 0 aliphatic rings. The van der Waals surface area contributed by atoms with E-state index in [-0.39, 0.29) is 6.04 Å². The molecule has 23 heavy (non-hydrogen) atoms. The van der Waals surface area contributed by atoms with E-state index in [0.29, 0.717) is 4.90 Å². The van der Waals surface area contributed by atoms with Crippen LogP contribution in [0.25, 0.3) is 10.9 Å². The SMILES string of the molecule is C[C@H](Nc1ncnc2ccccc12)c1ccc(S(C)(=O)=O)cc1. The Balaban J connectivity index is 1.87. The second-order valence-corrected chi connectivity index (χ2v) is 7.46. The molecule has 1 N–H and O–H groups in total. The van der Waals surface area contributed by atoms with Crippen LogP contribution in [0.5, 0.6) is 0 Å². The number of sulfone groups is 1. The normalized spacial score (nSPS) is 13.0. The Morgan fingerprint density at radius 3 is 2.39 bits per heavy atom. The molecule has 0 amide bonds. The lowest BCUT2D eigenvalue weighted by molar-refractivity contribution is 0.602. The number of fused-ring (bicyclic) bond motifs is 1. The Morgan fingerprint density at radius 1 is 1.00 bits per heavy atom. The van der Waals surface area contributed by atoms with Crippen LogP contribution in [0.2, 0.25) is 0 Å². The summed E-state index contributed by atoms with van der Waals surface area (Å²) in [5, 5.41) is 4.31. The highest BCUT2D eigenvalue weighted by molar-refractivity contribution is 7.90. The van der Waals surface area contributed by atoms with E-state index in [4.69, 9.17) is 0 Å². The third kappa shape index (κ3) is 3.32. The quantitative estimate of drug-likeness (QED) is 0.796. The van der Waals surface area contributed by atoms with Gasteiger partial charge < -0.3 is 5.32 Å². The van der Waals surface area contributed by atoms with E-state index in [1.165, 1.54) is 12.6 Å². The van der Waals surface area contributed by atoms with Crippen LogP contribution in [-0.4, -0.2) is 24.6 Å². The van der Waals surface area contributed by atoms with Gasteiger partial charge in [-0.2, -0.15) is 0 Å². The molecule has 5 nitrogen and oxygen atoms in total. The summed E-state index contributed by atoms with van der Waals surface area (Å²) >= 11 is 0. The molecule has 0 unspecified atom stereocenters. The van der Waals surface area contributed by atoms with E-state index in [1.54, 1.807) is 12.1 Å². The maximum atomic E-state index is 11.5. The Hall–Kier alpha value is -2.47. The van der Waals surface area contributed by atoms with E-state index in [2.05, 4.69) is 15.3 Å². The van der Waals surface area contributed by atoms with Gasteiger partial charge in [-0.15, -0.1) is 0 Å². The van der Waals surface area contributed by atoms with E-state index in [0.717, 1.165) is 22.3 Å². The number of nitrogens with one attached hydrogen (secondary N) is 1. The number of hydrogen-bond donors (Lipinski definition) is 1. The van der Waals surface area contributed by atoms with Crippen molar-refractivity contribution in [2.75, 3.05) is 11.6 Å². The monoisotopic (exact) mass is 327 g/mol. The minimum absolute atomic E-state index is 0.0121. The summed E-state index contributed by atoms with van der Waals surface area (Å²) in [4.78, 5) is 8.87. The first-order valence-electron chi connectivity index (χ1n) is 7.21. The number of benzene rings is 2. The van der Waals surface area contributed by atoms with E-state index >= 15 is 0 Å². The number of hydrogen-bond acceptors (Lipinski definition) is 5. The summed E-state index contributed by atoms with van der Waals surface area (Å²) in [6.07, 6.45) is 2.74. The first-order chi connectivity index (χ1) is 10.9. The molecule has 0 aliphatic carbocycles. The van der Waals surface area contributed by atoms with Gasteiger partial charge in [-0.3, -0.25) is 0 Å². The van der Waals surface area contributed by atoms with Crippen LogP contribution in [0.1, 0.15) is 18.5 Å². The third-order valence-electron chi connectivity index (χ3n) is 3.70. The molecule has 2 aromatic carbocycles. The number of anilines is 1. The molecular formula is C17H17N3O2S. The molecule has 0 fully saturated rings. The van der Waals surface area contributed by atoms with E-state index < -0.39 is 9.84 Å². The van der Waals surface area contributed by atoms with Crippen LogP contribution in [0.15, 0.2) is 59.8 Å². The predicted octanol–water partition coefficient (Wildman–Crippen LogP) is 3.21. The zero-order valence-corrected chi connectivity index (χ0v) is 13.7. The Morgan fingerprint density at radius 2 is 1.70 bits per heavy atom. The molecular weight excluding hydrogens is 310 g/mol. The number of para-hydroxylation sites is 1. The molecule has 1 heterocycles. The van der Waals surface area contributed by atoms with Crippen LogP contribution in [0.4, 0.5) is 5.82 Å². The van der Waals surface area contributed by atoms with Gasteiger partial charge in [0.1, 0.15) is 12.1 Å². The van der Waals surface area contributed by atoms with E-state index in [1.807, 2.05) is 43.3 Å². The van der Waals surface area contributed by atoms with Crippen molar-refractivity contribution >= 4 is 26.6 Å². The minimum Gasteiger partial charge on any atom is -0.363 e. The molecule has 6 heteroatoms. The first-order valence-corrected chi connectivity index (χ1v) is 9.10. The van der Waals surface area contributed by atoms with Gasteiger partial charge in [-0.25, -0.2) is 18.4 Å². The third-order valence-corrected chi connectivity index (χ3v) is 4.83. The van der Waals surface area contributed by atoms with Crippen molar-refractivity contribution < 1.29 is 8.42 Å². The lowest BCUT2D eigenvalue weighted by atomic mass is 10.1. The van der Waals surface area contributed by atoms with Gasteiger partial charge in [0, 0.05) is 17.7 Å². The number of rotatable bonds is 4. The standard InChI is InChI=1S/C17H17N3O2S/c1-12(13-7-9-14(10-8-13)23(2,21)22)20-17-15-5-3-4-6-16(15)18-11-19-17/h3-12H,1-2H3,(H,18,19,20)/t12-/m0/s1. The summed E-state index contributed by atoms with van der Waals surface area (Å²) < 4.78 is 23.0. The fourth-order valence-corrected chi connectivity index (χ4v) is 3.04. The fraction of sp³-hybridized carbons (Fsp3) is 0.176. The van der Waals surface area contributed by atoms with Gasteiger partial charge in [0.25, 0.3) is 0 Å². The molecule has 1 aromatic heterocycles. The van der Waals surface area contributed by atoms with Gasteiger partial charge in [-0.05, 0) is 36.8 Å². The highest BCUT2D eigenvalue weighted by Crippen LogP contribution is 2.24. The molecule has 0 radical (unpaired) electrons. The maximum Gasteiger partial charge on any atom is 0.175 e. The van der Waals surface area contributed by atoms with Gasteiger partial charge in [-0.1, -0.05) is 24.3 Å². The van der Waals surface area contributed by atoms with Crippen molar-refractivity contribution in [3.8, 4) is 0 Å². The van der Waals surface area contributed by atoms with Gasteiger partial charge in [0.2, 0.25) is 0 Å². The van der Waals surface area contributed by atoms with Gasteiger partial charge >= 0.3 is 0 Å². The van der Waals surface area contributed by atoms with Gasteiger partial charge in [0.05, 0.1) is 10.4 Å². The van der Waals surface area contributed by atoms with Crippen LogP contribution in [0.3, 0.4) is 0 Å². The second-order valence-electron chi connectivity index (χ2n) is 5.45.